The van der Waals surface area contributed by atoms with Gasteiger partial charge in [-0.25, -0.2) is 0 Å². The molecule has 1 atom stereocenters. The molecule has 1 unspecified atom stereocenters. The van der Waals surface area contributed by atoms with Crippen molar-refractivity contribution in [2.75, 3.05) is 0 Å². The number of hydrogen-bond acceptors (Lipinski definition) is 1. The third-order valence-electron chi connectivity index (χ3n) is 3.69. The first-order valence-electron chi connectivity index (χ1n) is 5.94. The summed E-state index contributed by atoms with van der Waals surface area (Å²) in [6.07, 6.45) is 12.8. The topological polar surface area (TPSA) is 26.0 Å². The number of nitrogens with two attached hydrogens (primary N) is 1. The van der Waals surface area contributed by atoms with Gasteiger partial charge in [0, 0.05) is 5.70 Å². The van der Waals surface area contributed by atoms with Crippen LogP contribution in [0.2, 0.25) is 0 Å². The molecule has 0 amide bonds. The van der Waals surface area contributed by atoms with Crippen LogP contribution in [0.1, 0.15) is 45.4 Å². The molecule has 1 nitrogen and oxygen atoms in total. The third kappa shape index (κ3) is 2.02. The Balaban J connectivity index is 2.04. The van der Waals surface area contributed by atoms with Gasteiger partial charge >= 0.3 is 0 Å². The van der Waals surface area contributed by atoms with E-state index in [-0.39, 0.29) is 0 Å². The molecule has 2 aliphatic rings. The van der Waals surface area contributed by atoms with Crippen molar-refractivity contribution in [3.05, 3.63) is 23.4 Å². The Hall–Kier alpha value is -0.720. The van der Waals surface area contributed by atoms with Crippen molar-refractivity contribution >= 4 is 0 Å². The Bertz CT molecular complexity index is 256. The van der Waals surface area contributed by atoms with Crippen molar-refractivity contribution in [1.29, 1.82) is 0 Å². The first-order valence-corrected chi connectivity index (χ1v) is 5.94. The van der Waals surface area contributed by atoms with E-state index in [0.717, 1.165) is 18.0 Å². The lowest BCUT2D eigenvalue weighted by Crippen LogP contribution is -2.16. The molecule has 0 bridgehead atoms. The highest BCUT2D eigenvalue weighted by Crippen LogP contribution is 2.33. The van der Waals surface area contributed by atoms with E-state index in [1.807, 2.05) is 0 Å². The van der Waals surface area contributed by atoms with Crippen LogP contribution in [-0.2, 0) is 0 Å². The summed E-state index contributed by atoms with van der Waals surface area (Å²) in [5.41, 5.74) is 8.61. The minimum atomic E-state index is 0.558. The van der Waals surface area contributed by atoms with E-state index in [1.54, 1.807) is 0 Å². The maximum Gasteiger partial charge on any atom is 0.0115 e. The Morgan fingerprint density at radius 2 is 1.93 bits per heavy atom. The number of allylic oxidation sites excluding steroid dienone is 4. The minimum absolute atomic E-state index is 0.558. The molecule has 2 N–H and O–H groups in total. The Kier molecular flexibility index (Phi) is 2.95. The Morgan fingerprint density at radius 3 is 2.57 bits per heavy atom. The van der Waals surface area contributed by atoms with Crippen LogP contribution in [0.25, 0.3) is 0 Å². The van der Waals surface area contributed by atoms with Gasteiger partial charge in [0.2, 0.25) is 0 Å². The molecule has 1 heteroatoms. The average Bonchev–Trinajstić information content (AvgIpc) is 2.23. The smallest absolute Gasteiger partial charge is 0.0115 e. The van der Waals surface area contributed by atoms with E-state index in [1.165, 1.54) is 37.7 Å². The second kappa shape index (κ2) is 4.20. The van der Waals surface area contributed by atoms with Crippen molar-refractivity contribution in [1.82, 2.24) is 0 Å². The molecule has 0 heterocycles. The highest BCUT2D eigenvalue weighted by Gasteiger charge is 2.19. The van der Waals surface area contributed by atoms with Gasteiger partial charge in [-0.05, 0) is 42.7 Å². The first-order chi connectivity index (χ1) is 6.77. The normalized spacial score (nSPS) is 29.6. The predicted octanol–water partition coefficient (Wildman–Crippen LogP) is 3.38. The summed E-state index contributed by atoms with van der Waals surface area (Å²) in [7, 11) is 0. The zero-order valence-corrected chi connectivity index (χ0v) is 9.13. The monoisotopic (exact) mass is 191 g/mol. The molecule has 0 spiro atoms. The number of rotatable bonds is 1. The van der Waals surface area contributed by atoms with Gasteiger partial charge in [-0.3, -0.25) is 0 Å². The maximum atomic E-state index is 6.00. The highest BCUT2D eigenvalue weighted by atomic mass is 14.6. The zero-order valence-electron chi connectivity index (χ0n) is 9.13. The lowest BCUT2D eigenvalue weighted by atomic mass is 9.80. The van der Waals surface area contributed by atoms with Crippen molar-refractivity contribution in [2.45, 2.75) is 45.4 Å². The lowest BCUT2D eigenvalue weighted by Gasteiger charge is -2.26. The molecule has 1 fully saturated rings. The lowest BCUT2D eigenvalue weighted by molar-refractivity contribution is 0.404. The fourth-order valence-electron chi connectivity index (χ4n) is 2.56. The quantitative estimate of drug-likeness (QED) is 0.675. The summed E-state index contributed by atoms with van der Waals surface area (Å²) in [6.45, 7) is 2.21. The fourth-order valence-corrected chi connectivity index (χ4v) is 2.56. The van der Waals surface area contributed by atoms with Crippen molar-refractivity contribution in [3.8, 4) is 0 Å². The van der Waals surface area contributed by atoms with E-state index < -0.39 is 0 Å². The van der Waals surface area contributed by atoms with E-state index >= 15 is 0 Å². The Labute approximate surface area is 87.1 Å². The van der Waals surface area contributed by atoms with Gasteiger partial charge in [-0.1, -0.05) is 32.3 Å². The van der Waals surface area contributed by atoms with Crippen LogP contribution in [0, 0.1) is 11.8 Å². The highest BCUT2D eigenvalue weighted by molar-refractivity contribution is 5.30. The van der Waals surface area contributed by atoms with E-state index in [9.17, 15) is 0 Å². The van der Waals surface area contributed by atoms with Gasteiger partial charge in [0.25, 0.3) is 0 Å². The van der Waals surface area contributed by atoms with Crippen LogP contribution in [0.3, 0.4) is 0 Å². The van der Waals surface area contributed by atoms with Crippen LogP contribution in [0.15, 0.2) is 23.4 Å². The molecule has 14 heavy (non-hydrogen) atoms. The average molecular weight is 191 g/mol. The molecule has 0 radical (unpaired) electrons. The molecule has 0 saturated heterocycles. The zero-order chi connectivity index (χ0) is 9.97. The summed E-state index contributed by atoms with van der Waals surface area (Å²) in [6, 6.07) is 0. The van der Waals surface area contributed by atoms with Gasteiger partial charge in [0.05, 0.1) is 0 Å². The largest absolute Gasteiger partial charge is 0.402 e. The minimum Gasteiger partial charge on any atom is -0.402 e. The summed E-state index contributed by atoms with van der Waals surface area (Å²) in [4.78, 5) is 0. The Morgan fingerprint density at radius 1 is 1.21 bits per heavy atom. The van der Waals surface area contributed by atoms with Gasteiger partial charge in [0.1, 0.15) is 0 Å². The fraction of sp³-hybridized carbons (Fsp3) is 0.692. The van der Waals surface area contributed by atoms with Crippen LogP contribution in [0.5, 0.6) is 0 Å². The summed E-state index contributed by atoms with van der Waals surface area (Å²) < 4.78 is 0. The molecule has 0 aliphatic heterocycles. The van der Waals surface area contributed by atoms with Gasteiger partial charge < -0.3 is 5.73 Å². The first kappa shape index (κ1) is 9.82. The summed E-state index contributed by atoms with van der Waals surface area (Å²) >= 11 is 0. The predicted molar refractivity (Wildman–Crippen MR) is 60.7 cm³/mol. The van der Waals surface area contributed by atoms with Crippen LogP contribution < -0.4 is 5.73 Å². The molecule has 0 aromatic heterocycles. The van der Waals surface area contributed by atoms with E-state index in [2.05, 4.69) is 19.1 Å². The molecule has 2 aliphatic carbocycles. The van der Waals surface area contributed by atoms with Crippen LogP contribution >= 0.6 is 0 Å². The van der Waals surface area contributed by atoms with E-state index in [0.29, 0.717) is 5.92 Å². The van der Waals surface area contributed by atoms with Crippen molar-refractivity contribution < 1.29 is 0 Å². The molecule has 0 aromatic carbocycles. The standard InChI is InChI=1S/C13H21N/c1-10-7-8-12(9-13(10)14)11-5-3-2-4-6-11/h8-11H,2-7,14H2,1H3. The van der Waals surface area contributed by atoms with E-state index in [4.69, 9.17) is 5.73 Å². The second-order valence-corrected chi connectivity index (χ2v) is 4.82. The molecule has 1 saturated carbocycles. The van der Waals surface area contributed by atoms with Gasteiger partial charge in [-0.15, -0.1) is 0 Å². The van der Waals surface area contributed by atoms with Gasteiger partial charge in [0.15, 0.2) is 0 Å². The maximum absolute atomic E-state index is 6.00. The van der Waals surface area contributed by atoms with Crippen molar-refractivity contribution in [3.63, 3.8) is 0 Å². The SMILES string of the molecule is CC1CC=C(C2CCCCC2)C=C1N. The van der Waals surface area contributed by atoms with Gasteiger partial charge in [-0.2, -0.15) is 0 Å². The molecule has 0 aromatic rings. The summed E-state index contributed by atoms with van der Waals surface area (Å²) in [5, 5.41) is 0. The van der Waals surface area contributed by atoms with Crippen molar-refractivity contribution in [2.24, 2.45) is 17.6 Å². The molecule has 2 rings (SSSR count). The molecular weight excluding hydrogens is 170 g/mol. The van der Waals surface area contributed by atoms with Crippen LogP contribution in [0.4, 0.5) is 0 Å². The molecular formula is C13H21N. The number of hydrogen-bond donors (Lipinski definition) is 1. The summed E-state index contributed by atoms with van der Waals surface area (Å²) in [5.74, 6) is 1.37. The van der Waals surface area contributed by atoms with Crippen LogP contribution in [-0.4, -0.2) is 0 Å². The third-order valence-corrected chi connectivity index (χ3v) is 3.69. The second-order valence-electron chi connectivity index (χ2n) is 4.82. The molecule has 78 valence electrons.